The number of hydrogen-bond acceptors (Lipinski definition) is 7. The van der Waals surface area contributed by atoms with Crippen molar-refractivity contribution < 1.29 is 9.47 Å². The van der Waals surface area contributed by atoms with E-state index in [-0.39, 0.29) is 6.79 Å². The molecule has 1 fully saturated rings. The van der Waals surface area contributed by atoms with E-state index in [0.717, 1.165) is 60.6 Å². The largest absolute Gasteiger partial charge is 0.454 e. The molecular weight excluding hydrogens is 404 g/mol. The number of aryl methyl sites for hydroxylation is 1. The van der Waals surface area contributed by atoms with E-state index in [1.54, 1.807) is 0 Å². The maximum Gasteiger partial charge on any atom is 0.231 e. The summed E-state index contributed by atoms with van der Waals surface area (Å²) >= 11 is 6.20. The van der Waals surface area contributed by atoms with Crippen LogP contribution in [0.2, 0.25) is 5.02 Å². The molecule has 0 radical (unpaired) electrons. The van der Waals surface area contributed by atoms with Crippen LogP contribution in [0.4, 0.5) is 5.69 Å². The molecule has 0 bridgehead atoms. The van der Waals surface area contributed by atoms with E-state index < -0.39 is 0 Å². The van der Waals surface area contributed by atoms with Crippen molar-refractivity contribution in [3.05, 3.63) is 58.4 Å². The summed E-state index contributed by atoms with van der Waals surface area (Å²) in [6.07, 6.45) is 0. The van der Waals surface area contributed by atoms with Crippen LogP contribution in [-0.2, 0) is 13.1 Å². The molecule has 0 unspecified atom stereocenters. The number of piperazine rings is 1. The fourth-order valence-corrected chi connectivity index (χ4v) is 4.11. The lowest BCUT2D eigenvalue weighted by Gasteiger charge is -2.36. The van der Waals surface area contributed by atoms with Gasteiger partial charge in [-0.05, 0) is 52.7 Å². The zero-order chi connectivity index (χ0) is 20.5. The summed E-state index contributed by atoms with van der Waals surface area (Å²) in [5.74, 6) is 2.41. The second kappa shape index (κ2) is 8.12. The monoisotopic (exact) mass is 426 g/mol. The number of hydrogen-bond donors (Lipinski definition) is 0. The molecule has 2 aromatic carbocycles. The van der Waals surface area contributed by atoms with E-state index in [1.165, 1.54) is 11.3 Å². The molecule has 2 aliphatic rings. The smallest absolute Gasteiger partial charge is 0.231 e. The van der Waals surface area contributed by atoms with Crippen LogP contribution < -0.4 is 14.4 Å². The Morgan fingerprint density at radius 2 is 1.80 bits per heavy atom. The number of benzene rings is 2. The lowest BCUT2D eigenvalue weighted by atomic mass is 10.1. The van der Waals surface area contributed by atoms with Crippen molar-refractivity contribution in [3.8, 4) is 11.5 Å². The number of nitrogens with zero attached hydrogens (tertiary/aromatic N) is 6. The van der Waals surface area contributed by atoms with Crippen LogP contribution in [0.1, 0.15) is 17.0 Å². The molecule has 0 spiro atoms. The minimum absolute atomic E-state index is 0.273. The van der Waals surface area contributed by atoms with Crippen LogP contribution in [0.3, 0.4) is 0 Å². The van der Waals surface area contributed by atoms with E-state index >= 15 is 0 Å². The normalized spacial score (nSPS) is 16.3. The van der Waals surface area contributed by atoms with Gasteiger partial charge in [0.2, 0.25) is 6.79 Å². The molecule has 30 heavy (non-hydrogen) atoms. The fourth-order valence-electron chi connectivity index (χ4n) is 3.94. The third kappa shape index (κ3) is 3.93. The average molecular weight is 427 g/mol. The molecule has 2 aliphatic heterocycles. The lowest BCUT2D eigenvalue weighted by Crippen LogP contribution is -2.46. The molecule has 0 amide bonds. The van der Waals surface area contributed by atoms with Crippen LogP contribution in [0.25, 0.3) is 0 Å². The molecule has 3 heterocycles. The summed E-state index contributed by atoms with van der Waals surface area (Å²) in [7, 11) is 0. The van der Waals surface area contributed by atoms with Gasteiger partial charge in [0.15, 0.2) is 17.3 Å². The molecular formula is C21H23ClN6O2. The molecule has 5 rings (SSSR count). The zero-order valence-corrected chi connectivity index (χ0v) is 17.5. The van der Waals surface area contributed by atoms with Crippen LogP contribution in [-0.4, -0.2) is 58.1 Å². The summed E-state index contributed by atoms with van der Waals surface area (Å²) in [5.41, 5.74) is 3.55. The molecule has 0 atom stereocenters. The van der Waals surface area contributed by atoms with E-state index in [1.807, 2.05) is 28.9 Å². The van der Waals surface area contributed by atoms with Crippen molar-refractivity contribution in [1.82, 2.24) is 25.1 Å². The van der Waals surface area contributed by atoms with Gasteiger partial charge in [0.1, 0.15) is 0 Å². The Bertz CT molecular complexity index is 1050. The standard InChI is InChI=1S/C21H23ClN6O2/c1-15-2-4-17(22)11-18(15)27-8-6-26(7-9-27)13-21-23-24-25-28(21)12-16-3-5-19-20(10-16)30-14-29-19/h2-5,10-11H,6-9,12-14H2,1H3. The Morgan fingerprint density at radius 3 is 2.67 bits per heavy atom. The van der Waals surface area contributed by atoms with Crippen LogP contribution >= 0.6 is 11.6 Å². The number of anilines is 1. The number of fused-ring (bicyclic) bond motifs is 1. The van der Waals surface area contributed by atoms with Crippen LogP contribution in [0, 0.1) is 6.92 Å². The zero-order valence-electron chi connectivity index (χ0n) is 16.8. The summed E-state index contributed by atoms with van der Waals surface area (Å²) in [4.78, 5) is 4.78. The highest BCUT2D eigenvalue weighted by molar-refractivity contribution is 6.30. The number of tetrazole rings is 1. The topological polar surface area (TPSA) is 68.5 Å². The third-order valence-electron chi connectivity index (χ3n) is 5.62. The quantitative estimate of drug-likeness (QED) is 0.621. The maximum absolute atomic E-state index is 6.20. The van der Waals surface area contributed by atoms with Gasteiger partial charge < -0.3 is 14.4 Å². The highest BCUT2D eigenvalue weighted by atomic mass is 35.5. The minimum atomic E-state index is 0.273. The predicted octanol–water partition coefficient (Wildman–Crippen LogP) is 2.73. The first-order valence-electron chi connectivity index (χ1n) is 10.0. The van der Waals surface area contributed by atoms with Gasteiger partial charge in [0.25, 0.3) is 0 Å². The Kier molecular flexibility index (Phi) is 5.18. The fraction of sp³-hybridized carbons (Fsp3) is 0.381. The van der Waals surface area contributed by atoms with Gasteiger partial charge in [-0.25, -0.2) is 4.68 Å². The van der Waals surface area contributed by atoms with Crippen molar-refractivity contribution in [1.29, 1.82) is 0 Å². The summed E-state index contributed by atoms with van der Waals surface area (Å²) in [6, 6.07) is 12.0. The Hall–Kier alpha value is -2.84. The second-order valence-electron chi connectivity index (χ2n) is 7.63. The Balaban J connectivity index is 1.22. The number of aromatic nitrogens is 4. The third-order valence-corrected chi connectivity index (χ3v) is 5.86. The van der Waals surface area contributed by atoms with Gasteiger partial charge in [0.05, 0.1) is 13.1 Å². The summed E-state index contributed by atoms with van der Waals surface area (Å²) in [6.45, 7) is 7.51. The van der Waals surface area contributed by atoms with Gasteiger partial charge >= 0.3 is 0 Å². The van der Waals surface area contributed by atoms with Crippen molar-refractivity contribution in [2.45, 2.75) is 20.0 Å². The molecule has 0 saturated carbocycles. The van der Waals surface area contributed by atoms with Gasteiger partial charge in [-0.3, -0.25) is 4.90 Å². The number of rotatable bonds is 5. The molecule has 156 valence electrons. The first-order chi connectivity index (χ1) is 14.7. The average Bonchev–Trinajstić information content (AvgIpc) is 3.40. The van der Waals surface area contributed by atoms with Crippen molar-refractivity contribution in [2.24, 2.45) is 0 Å². The number of ether oxygens (including phenoxy) is 2. The summed E-state index contributed by atoms with van der Waals surface area (Å²) < 4.78 is 12.7. The first-order valence-corrected chi connectivity index (χ1v) is 10.4. The van der Waals surface area contributed by atoms with Crippen molar-refractivity contribution in [2.75, 3.05) is 37.9 Å². The maximum atomic E-state index is 6.20. The van der Waals surface area contributed by atoms with E-state index in [9.17, 15) is 0 Å². The molecule has 0 aliphatic carbocycles. The Morgan fingerprint density at radius 1 is 0.967 bits per heavy atom. The molecule has 1 aromatic heterocycles. The van der Waals surface area contributed by atoms with E-state index in [2.05, 4.69) is 44.4 Å². The van der Waals surface area contributed by atoms with Gasteiger partial charge in [-0.2, -0.15) is 0 Å². The predicted molar refractivity (Wildman–Crippen MR) is 113 cm³/mol. The van der Waals surface area contributed by atoms with Crippen molar-refractivity contribution in [3.63, 3.8) is 0 Å². The van der Waals surface area contributed by atoms with Crippen molar-refractivity contribution >= 4 is 17.3 Å². The molecule has 9 heteroatoms. The Labute approximate surface area is 179 Å². The molecule has 8 nitrogen and oxygen atoms in total. The van der Waals surface area contributed by atoms with Gasteiger partial charge in [0, 0.05) is 36.9 Å². The summed E-state index contributed by atoms with van der Waals surface area (Å²) in [5, 5.41) is 13.1. The SMILES string of the molecule is Cc1ccc(Cl)cc1N1CCN(Cc2nnnn2Cc2ccc3c(c2)OCO3)CC1. The number of halogens is 1. The van der Waals surface area contributed by atoms with Crippen LogP contribution in [0.15, 0.2) is 36.4 Å². The molecule has 1 saturated heterocycles. The highest BCUT2D eigenvalue weighted by Gasteiger charge is 2.21. The second-order valence-corrected chi connectivity index (χ2v) is 8.07. The van der Waals surface area contributed by atoms with E-state index in [0.29, 0.717) is 6.54 Å². The lowest BCUT2D eigenvalue weighted by molar-refractivity contribution is 0.174. The van der Waals surface area contributed by atoms with E-state index in [4.69, 9.17) is 21.1 Å². The minimum Gasteiger partial charge on any atom is -0.454 e. The molecule has 0 N–H and O–H groups in total. The first kappa shape index (κ1) is 19.1. The van der Waals surface area contributed by atoms with Gasteiger partial charge in [-0.15, -0.1) is 5.10 Å². The van der Waals surface area contributed by atoms with Gasteiger partial charge in [-0.1, -0.05) is 23.7 Å². The molecule has 3 aromatic rings. The highest BCUT2D eigenvalue weighted by Crippen LogP contribution is 2.32. The van der Waals surface area contributed by atoms with Crippen LogP contribution in [0.5, 0.6) is 11.5 Å².